The molecule has 1 aliphatic heterocycles. The van der Waals surface area contributed by atoms with Gasteiger partial charge in [-0.25, -0.2) is 0 Å². The largest absolute Gasteiger partial charge is 0.493 e. The van der Waals surface area contributed by atoms with Crippen LogP contribution in [-0.4, -0.2) is 12.6 Å². The molecule has 20 heavy (non-hydrogen) atoms. The maximum Gasteiger partial charge on any atom is 0.125 e. The van der Waals surface area contributed by atoms with Gasteiger partial charge in [-0.15, -0.1) is 0 Å². The molecular weight excluding hydrogens is 270 g/mol. The van der Waals surface area contributed by atoms with E-state index in [0.717, 1.165) is 30.2 Å². The van der Waals surface area contributed by atoms with Gasteiger partial charge in [0.2, 0.25) is 0 Å². The van der Waals surface area contributed by atoms with Crippen molar-refractivity contribution in [2.24, 2.45) is 11.1 Å². The van der Waals surface area contributed by atoms with Crippen LogP contribution in [0.5, 0.6) is 5.75 Å². The van der Waals surface area contributed by atoms with Gasteiger partial charge in [-0.1, -0.05) is 37.8 Å². The third kappa shape index (κ3) is 2.68. The van der Waals surface area contributed by atoms with Gasteiger partial charge in [0, 0.05) is 17.5 Å². The summed E-state index contributed by atoms with van der Waals surface area (Å²) in [5.41, 5.74) is 9.27. The number of rotatable bonds is 3. The fourth-order valence-corrected chi connectivity index (χ4v) is 3.97. The summed E-state index contributed by atoms with van der Waals surface area (Å²) < 4.78 is 5.79. The van der Waals surface area contributed by atoms with Crippen molar-refractivity contribution in [1.29, 1.82) is 0 Å². The highest BCUT2D eigenvalue weighted by Crippen LogP contribution is 2.41. The first-order chi connectivity index (χ1) is 9.58. The van der Waals surface area contributed by atoms with Gasteiger partial charge in [0.05, 0.1) is 6.61 Å². The van der Waals surface area contributed by atoms with Gasteiger partial charge in [0.15, 0.2) is 0 Å². The second-order valence-electron chi connectivity index (χ2n) is 6.68. The smallest absolute Gasteiger partial charge is 0.125 e. The van der Waals surface area contributed by atoms with Crippen LogP contribution in [0.1, 0.15) is 50.2 Å². The first-order valence-corrected chi connectivity index (χ1v) is 8.16. The molecule has 1 aliphatic carbocycles. The Balaban J connectivity index is 1.81. The van der Waals surface area contributed by atoms with Crippen LogP contribution in [0, 0.1) is 5.41 Å². The Hall–Kier alpha value is -0.730. The number of nitrogens with two attached hydrogens (primary N) is 1. The van der Waals surface area contributed by atoms with Crippen molar-refractivity contribution in [2.45, 2.75) is 57.9 Å². The van der Waals surface area contributed by atoms with Crippen molar-refractivity contribution in [2.75, 3.05) is 6.61 Å². The molecule has 1 aromatic carbocycles. The van der Waals surface area contributed by atoms with Gasteiger partial charge in [-0.05, 0) is 47.9 Å². The monoisotopic (exact) mass is 293 g/mol. The summed E-state index contributed by atoms with van der Waals surface area (Å²) in [5.74, 6) is 1.05. The minimum atomic E-state index is 0.189. The van der Waals surface area contributed by atoms with Crippen LogP contribution in [0.4, 0.5) is 0 Å². The maximum atomic E-state index is 6.56. The average molecular weight is 294 g/mol. The third-order valence-corrected chi connectivity index (χ3v) is 5.37. The van der Waals surface area contributed by atoms with E-state index >= 15 is 0 Å². The van der Waals surface area contributed by atoms with Crippen molar-refractivity contribution in [3.63, 3.8) is 0 Å². The second-order valence-corrected chi connectivity index (χ2v) is 7.11. The van der Waals surface area contributed by atoms with Crippen LogP contribution < -0.4 is 10.5 Å². The van der Waals surface area contributed by atoms with E-state index in [2.05, 4.69) is 6.92 Å². The van der Waals surface area contributed by atoms with E-state index in [1.165, 1.54) is 43.2 Å². The minimum absolute atomic E-state index is 0.189. The molecule has 1 heterocycles. The molecule has 3 heteroatoms. The summed E-state index contributed by atoms with van der Waals surface area (Å²) in [6, 6.07) is 4.26. The van der Waals surface area contributed by atoms with Gasteiger partial charge in [0.1, 0.15) is 5.75 Å². The highest BCUT2D eigenvalue weighted by Gasteiger charge is 2.34. The maximum absolute atomic E-state index is 6.56. The summed E-state index contributed by atoms with van der Waals surface area (Å²) in [4.78, 5) is 0. The SMILES string of the molecule is CC1(C(N)Cc2cc(Cl)cc3c2OCC3)CCCCC1. The standard InChI is InChI=1S/C17H24ClNO/c1-17(6-3-2-4-7-17)15(19)11-13-10-14(18)9-12-5-8-20-16(12)13/h9-10,15H,2-8,11,19H2,1H3. The summed E-state index contributed by atoms with van der Waals surface area (Å²) in [5, 5.41) is 0.810. The molecule has 0 spiro atoms. The lowest BCUT2D eigenvalue weighted by Crippen LogP contribution is -2.42. The molecule has 0 aromatic heterocycles. The number of hydrogen-bond donors (Lipinski definition) is 1. The fraction of sp³-hybridized carbons (Fsp3) is 0.647. The Morgan fingerprint density at radius 3 is 2.80 bits per heavy atom. The Labute approximate surface area is 126 Å². The predicted molar refractivity (Wildman–Crippen MR) is 83.5 cm³/mol. The summed E-state index contributed by atoms with van der Waals surface area (Å²) >= 11 is 6.24. The van der Waals surface area contributed by atoms with Crippen molar-refractivity contribution < 1.29 is 4.74 Å². The van der Waals surface area contributed by atoms with Crippen molar-refractivity contribution in [3.8, 4) is 5.75 Å². The minimum Gasteiger partial charge on any atom is -0.493 e. The van der Waals surface area contributed by atoms with E-state index < -0.39 is 0 Å². The van der Waals surface area contributed by atoms with Crippen LogP contribution in [0.3, 0.4) is 0 Å². The molecule has 0 saturated heterocycles. The molecule has 0 bridgehead atoms. The molecule has 1 atom stereocenters. The number of fused-ring (bicyclic) bond motifs is 1. The number of halogens is 1. The predicted octanol–water partition coefficient (Wildman–Crippen LogP) is 4.12. The van der Waals surface area contributed by atoms with Gasteiger partial charge in [-0.3, -0.25) is 0 Å². The zero-order valence-electron chi connectivity index (χ0n) is 12.3. The molecule has 1 unspecified atom stereocenters. The number of benzene rings is 1. The van der Waals surface area contributed by atoms with Gasteiger partial charge in [-0.2, -0.15) is 0 Å². The average Bonchev–Trinajstić information content (AvgIpc) is 2.87. The topological polar surface area (TPSA) is 35.2 Å². The second kappa shape index (κ2) is 5.57. The summed E-state index contributed by atoms with van der Waals surface area (Å²) in [6.07, 6.45) is 8.32. The molecule has 2 aliphatic rings. The van der Waals surface area contributed by atoms with Gasteiger partial charge < -0.3 is 10.5 Å². The summed E-state index contributed by atoms with van der Waals surface area (Å²) in [7, 11) is 0. The van der Waals surface area contributed by atoms with Crippen molar-refractivity contribution in [1.82, 2.24) is 0 Å². The first kappa shape index (κ1) is 14.2. The molecule has 3 rings (SSSR count). The quantitative estimate of drug-likeness (QED) is 0.910. The van der Waals surface area contributed by atoms with Gasteiger partial charge in [0.25, 0.3) is 0 Å². The zero-order valence-corrected chi connectivity index (χ0v) is 13.0. The lowest BCUT2D eigenvalue weighted by atomic mass is 9.69. The number of hydrogen-bond acceptors (Lipinski definition) is 2. The summed E-state index contributed by atoms with van der Waals surface area (Å²) in [6.45, 7) is 3.12. The van der Waals surface area contributed by atoms with Crippen LogP contribution in [0.2, 0.25) is 5.02 Å². The molecule has 2 nitrogen and oxygen atoms in total. The molecular formula is C17H24ClNO. The van der Waals surface area contributed by atoms with E-state index in [9.17, 15) is 0 Å². The van der Waals surface area contributed by atoms with E-state index in [4.69, 9.17) is 22.1 Å². The molecule has 0 radical (unpaired) electrons. The van der Waals surface area contributed by atoms with Crippen LogP contribution in [-0.2, 0) is 12.8 Å². The zero-order chi connectivity index (χ0) is 14.2. The highest BCUT2D eigenvalue weighted by atomic mass is 35.5. The lowest BCUT2D eigenvalue weighted by Gasteiger charge is -2.39. The first-order valence-electron chi connectivity index (χ1n) is 7.78. The van der Waals surface area contributed by atoms with Crippen LogP contribution >= 0.6 is 11.6 Å². The van der Waals surface area contributed by atoms with Crippen LogP contribution in [0.15, 0.2) is 12.1 Å². The molecule has 1 aromatic rings. The Kier molecular flexibility index (Phi) is 3.96. The molecule has 110 valence electrons. The van der Waals surface area contributed by atoms with E-state index in [1.807, 2.05) is 12.1 Å². The lowest BCUT2D eigenvalue weighted by molar-refractivity contribution is 0.168. The van der Waals surface area contributed by atoms with E-state index in [1.54, 1.807) is 0 Å². The van der Waals surface area contributed by atoms with Crippen molar-refractivity contribution >= 4 is 11.6 Å². The Morgan fingerprint density at radius 1 is 1.30 bits per heavy atom. The molecule has 0 amide bonds. The number of ether oxygens (including phenoxy) is 1. The fourth-order valence-electron chi connectivity index (χ4n) is 3.71. The Morgan fingerprint density at radius 2 is 2.05 bits per heavy atom. The molecule has 1 fully saturated rings. The normalized spacial score (nSPS) is 22.1. The third-order valence-electron chi connectivity index (χ3n) is 5.16. The van der Waals surface area contributed by atoms with Crippen molar-refractivity contribution in [3.05, 3.63) is 28.3 Å². The highest BCUT2D eigenvalue weighted by molar-refractivity contribution is 6.30. The van der Waals surface area contributed by atoms with Crippen LogP contribution in [0.25, 0.3) is 0 Å². The van der Waals surface area contributed by atoms with E-state index in [0.29, 0.717) is 0 Å². The molecule has 1 saturated carbocycles. The molecule has 2 N–H and O–H groups in total. The van der Waals surface area contributed by atoms with Gasteiger partial charge >= 0.3 is 0 Å². The Bertz CT molecular complexity index is 494. The van der Waals surface area contributed by atoms with E-state index in [-0.39, 0.29) is 11.5 Å².